The Balaban J connectivity index is 0.000000276. The number of benzene rings is 2. The zero-order valence-corrected chi connectivity index (χ0v) is 12.0. The third kappa shape index (κ3) is 7.34. The number of carbonyl (C=O) groups excluding carboxylic acids is 1. The Kier molecular flexibility index (Phi) is 7.07. The highest BCUT2D eigenvalue weighted by Gasteiger charge is 2.04. The lowest BCUT2D eigenvalue weighted by Gasteiger charge is -2.07. The first-order chi connectivity index (χ1) is 9.58. The summed E-state index contributed by atoms with van der Waals surface area (Å²) in [5.74, 6) is -0.0365. The van der Waals surface area contributed by atoms with Gasteiger partial charge in [0.15, 0.2) is 0 Å². The Hall–Kier alpha value is -2.13. The van der Waals surface area contributed by atoms with Crippen LogP contribution in [0.4, 0.5) is 5.69 Å². The number of nitrogens with two attached hydrogens (primary N) is 1. The maximum Gasteiger partial charge on any atom is 0.225 e. The molecule has 0 bridgehead atoms. The molecule has 0 saturated carbocycles. The first-order valence-corrected chi connectivity index (χ1v) is 6.70. The van der Waals surface area contributed by atoms with Gasteiger partial charge in [-0.1, -0.05) is 48.5 Å². The lowest BCUT2D eigenvalue weighted by molar-refractivity contribution is -0.116. The third-order valence-electron chi connectivity index (χ3n) is 2.48. The van der Waals surface area contributed by atoms with E-state index in [1.807, 2.05) is 74.5 Å². The van der Waals surface area contributed by atoms with E-state index < -0.39 is 0 Å². The second-order valence-electron chi connectivity index (χ2n) is 4.75. The Morgan fingerprint density at radius 2 is 1.65 bits per heavy atom. The minimum atomic E-state index is -0.0974. The summed E-state index contributed by atoms with van der Waals surface area (Å²) >= 11 is 0. The molecule has 0 fully saturated rings. The molecule has 0 heterocycles. The molecule has 0 aliphatic heterocycles. The van der Waals surface area contributed by atoms with E-state index in [1.165, 1.54) is 0 Å². The average Bonchev–Trinajstić information content (AvgIpc) is 2.40. The minimum absolute atomic E-state index is 0.0365. The number of nitrogens with one attached hydrogen (secondary N) is 1. The van der Waals surface area contributed by atoms with Crippen LogP contribution in [0.5, 0.6) is 0 Å². The molecule has 2 aromatic rings. The summed E-state index contributed by atoms with van der Waals surface area (Å²) in [5.41, 5.74) is 7.47. The Labute approximate surface area is 120 Å². The van der Waals surface area contributed by atoms with Crippen molar-refractivity contribution in [2.24, 2.45) is 5.73 Å². The van der Waals surface area contributed by atoms with E-state index in [1.54, 1.807) is 0 Å². The number of hydrogen-bond donors (Lipinski definition) is 2. The van der Waals surface area contributed by atoms with Gasteiger partial charge in [-0.15, -0.1) is 0 Å². The van der Waals surface area contributed by atoms with Crippen LogP contribution >= 0.6 is 0 Å². The monoisotopic (exact) mass is 270 g/mol. The van der Waals surface area contributed by atoms with Gasteiger partial charge < -0.3 is 11.1 Å². The van der Waals surface area contributed by atoms with Crippen LogP contribution in [0.1, 0.15) is 18.9 Å². The predicted molar refractivity (Wildman–Crippen MR) is 84.5 cm³/mol. The van der Waals surface area contributed by atoms with Crippen molar-refractivity contribution >= 4 is 11.6 Å². The fourth-order valence-electron chi connectivity index (χ4n) is 1.61. The summed E-state index contributed by atoms with van der Waals surface area (Å²) < 4.78 is 0. The molecule has 1 unspecified atom stereocenters. The van der Waals surface area contributed by atoms with Crippen LogP contribution in [0.2, 0.25) is 0 Å². The van der Waals surface area contributed by atoms with Gasteiger partial charge in [0.1, 0.15) is 0 Å². The van der Waals surface area contributed by atoms with E-state index in [9.17, 15) is 4.79 Å². The zero-order chi connectivity index (χ0) is 14.8. The van der Waals surface area contributed by atoms with Crippen LogP contribution in [-0.4, -0.2) is 11.9 Å². The predicted octanol–water partition coefficient (Wildman–Crippen LogP) is 3.36. The van der Waals surface area contributed by atoms with Gasteiger partial charge in [-0.3, -0.25) is 4.79 Å². The van der Waals surface area contributed by atoms with Crippen LogP contribution in [0.3, 0.4) is 0 Å². The van der Waals surface area contributed by atoms with Crippen LogP contribution < -0.4 is 11.1 Å². The van der Waals surface area contributed by atoms with Crippen LogP contribution in [0.25, 0.3) is 0 Å². The van der Waals surface area contributed by atoms with Crippen molar-refractivity contribution in [3.8, 4) is 0 Å². The van der Waals surface area contributed by atoms with Crippen molar-refractivity contribution in [2.45, 2.75) is 26.3 Å². The molecule has 0 saturated heterocycles. The second-order valence-corrected chi connectivity index (χ2v) is 4.75. The number of carbonyl (C=O) groups is 1. The molecule has 3 heteroatoms. The molecule has 3 nitrogen and oxygen atoms in total. The maximum absolute atomic E-state index is 11.3. The lowest BCUT2D eigenvalue weighted by atomic mass is 10.2. The molecule has 0 aliphatic rings. The average molecular weight is 270 g/mol. The normalized spacial score (nSPS) is 10.9. The second kappa shape index (κ2) is 8.88. The molecule has 2 aromatic carbocycles. The summed E-state index contributed by atoms with van der Waals surface area (Å²) in [6.07, 6.45) is 0.355. The molecule has 3 N–H and O–H groups in total. The topological polar surface area (TPSA) is 55.1 Å². The number of hydrogen-bond acceptors (Lipinski definition) is 2. The fraction of sp³-hybridized carbons (Fsp3) is 0.235. The van der Waals surface area contributed by atoms with E-state index in [-0.39, 0.29) is 11.9 Å². The number of amides is 1. The molecule has 20 heavy (non-hydrogen) atoms. The SMILES string of the molecule is Cc1cccc(NC(=O)CC(C)N)c1.c1ccccc1. The molecule has 0 radical (unpaired) electrons. The number of anilines is 1. The third-order valence-corrected chi connectivity index (χ3v) is 2.48. The van der Waals surface area contributed by atoms with E-state index in [4.69, 9.17) is 5.73 Å². The molecule has 0 aliphatic carbocycles. The molecule has 1 atom stereocenters. The molecule has 2 rings (SSSR count). The highest BCUT2D eigenvalue weighted by Crippen LogP contribution is 2.09. The summed E-state index contributed by atoms with van der Waals surface area (Å²) in [6.45, 7) is 3.80. The molecule has 1 amide bonds. The van der Waals surface area contributed by atoms with Crippen molar-refractivity contribution < 1.29 is 4.79 Å². The van der Waals surface area contributed by atoms with Crippen molar-refractivity contribution in [1.82, 2.24) is 0 Å². The summed E-state index contributed by atoms with van der Waals surface area (Å²) in [5, 5.41) is 2.80. The van der Waals surface area contributed by atoms with E-state index in [2.05, 4.69) is 5.32 Å². The van der Waals surface area contributed by atoms with Crippen LogP contribution in [0, 0.1) is 6.92 Å². The number of rotatable bonds is 3. The van der Waals surface area contributed by atoms with Gasteiger partial charge in [-0.25, -0.2) is 0 Å². The van der Waals surface area contributed by atoms with Gasteiger partial charge in [-0.2, -0.15) is 0 Å². The van der Waals surface area contributed by atoms with Gasteiger partial charge in [-0.05, 0) is 31.5 Å². The van der Waals surface area contributed by atoms with Gasteiger partial charge in [0.2, 0.25) is 5.91 Å². The lowest BCUT2D eigenvalue weighted by Crippen LogP contribution is -2.23. The quantitative estimate of drug-likeness (QED) is 0.898. The van der Waals surface area contributed by atoms with Crippen molar-refractivity contribution in [3.63, 3.8) is 0 Å². The first kappa shape index (κ1) is 15.9. The maximum atomic E-state index is 11.3. The highest BCUT2D eigenvalue weighted by atomic mass is 16.1. The van der Waals surface area contributed by atoms with E-state index in [0.717, 1.165) is 11.3 Å². The Morgan fingerprint density at radius 3 is 2.10 bits per heavy atom. The molecular formula is C17H22N2O. The standard InChI is InChI=1S/C11H16N2O.C6H6/c1-8-4-3-5-10(6-8)13-11(14)7-9(2)12;1-2-4-6-5-3-1/h3-6,9H,7,12H2,1-2H3,(H,13,14);1-6H. The van der Waals surface area contributed by atoms with Gasteiger partial charge in [0, 0.05) is 18.2 Å². The molecule has 106 valence electrons. The molecule has 0 spiro atoms. The van der Waals surface area contributed by atoms with Crippen LogP contribution in [0.15, 0.2) is 60.7 Å². The molecule has 0 aromatic heterocycles. The summed E-state index contributed by atoms with van der Waals surface area (Å²) in [7, 11) is 0. The van der Waals surface area contributed by atoms with Gasteiger partial charge in [0.05, 0.1) is 0 Å². The number of aryl methyl sites for hydroxylation is 1. The minimum Gasteiger partial charge on any atom is -0.327 e. The van der Waals surface area contributed by atoms with Crippen molar-refractivity contribution in [1.29, 1.82) is 0 Å². The Morgan fingerprint density at radius 1 is 1.10 bits per heavy atom. The van der Waals surface area contributed by atoms with Gasteiger partial charge >= 0.3 is 0 Å². The zero-order valence-electron chi connectivity index (χ0n) is 12.0. The van der Waals surface area contributed by atoms with Crippen molar-refractivity contribution in [3.05, 3.63) is 66.2 Å². The highest BCUT2D eigenvalue weighted by molar-refractivity contribution is 5.91. The van der Waals surface area contributed by atoms with Crippen molar-refractivity contribution in [2.75, 3.05) is 5.32 Å². The first-order valence-electron chi connectivity index (χ1n) is 6.70. The Bertz CT molecular complexity index is 483. The van der Waals surface area contributed by atoms with Crippen LogP contribution in [-0.2, 0) is 4.79 Å². The van der Waals surface area contributed by atoms with E-state index >= 15 is 0 Å². The largest absolute Gasteiger partial charge is 0.327 e. The fourth-order valence-corrected chi connectivity index (χ4v) is 1.61. The summed E-state index contributed by atoms with van der Waals surface area (Å²) in [6, 6.07) is 19.6. The molecular weight excluding hydrogens is 248 g/mol. The summed E-state index contributed by atoms with van der Waals surface area (Å²) in [4.78, 5) is 11.3. The smallest absolute Gasteiger partial charge is 0.225 e. The van der Waals surface area contributed by atoms with E-state index in [0.29, 0.717) is 6.42 Å². The van der Waals surface area contributed by atoms with Gasteiger partial charge in [0.25, 0.3) is 0 Å².